The monoisotopic (exact) mass is 256 g/mol. The molecule has 19 heavy (non-hydrogen) atoms. The third kappa shape index (κ3) is 2.95. The van der Waals surface area contributed by atoms with E-state index in [9.17, 15) is 9.59 Å². The molecule has 5 heteroatoms. The Hall–Kier alpha value is -2.69. The summed E-state index contributed by atoms with van der Waals surface area (Å²) in [6, 6.07) is 7.28. The normalized spacial score (nSPS) is 11.3. The van der Waals surface area contributed by atoms with Gasteiger partial charge in [0.15, 0.2) is 0 Å². The predicted molar refractivity (Wildman–Crippen MR) is 71.2 cm³/mol. The van der Waals surface area contributed by atoms with Gasteiger partial charge in [-0.25, -0.2) is 4.79 Å². The molecule has 1 heterocycles. The van der Waals surface area contributed by atoms with Crippen LogP contribution in [0.15, 0.2) is 42.4 Å². The van der Waals surface area contributed by atoms with Crippen LogP contribution in [-0.4, -0.2) is 22.0 Å². The van der Waals surface area contributed by atoms with E-state index in [0.29, 0.717) is 5.56 Å². The van der Waals surface area contributed by atoms with E-state index in [1.54, 1.807) is 24.5 Å². The molecule has 0 atom stereocenters. The first-order valence-corrected chi connectivity index (χ1v) is 5.63. The van der Waals surface area contributed by atoms with Crippen molar-refractivity contribution in [3.05, 3.63) is 47.9 Å². The number of nitrogens with one attached hydrogen (secondary N) is 1. The quantitative estimate of drug-likeness (QED) is 0.821. The fourth-order valence-corrected chi connectivity index (χ4v) is 1.77. The van der Waals surface area contributed by atoms with E-state index in [1.807, 2.05) is 12.1 Å². The van der Waals surface area contributed by atoms with Crippen molar-refractivity contribution < 1.29 is 14.7 Å². The SMILES string of the molecule is CC(=O)N/C(=C/c1cccc2cnccc12)C(=O)O. The zero-order chi connectivity index (χ0) is 13.8. The van der Waals surface area contributed by atoms with Gasteiger partial charge in [0.05, 0.1) is 0 Å². The molecule has 1 amide bonds. The summed E-state index contributed by atoms with van der Waals surface area (Å²) < 4.78 is 0. The molecule has 1 aromatic carbocycles. The smallest absolute Gasteiger partial charge is 0.352 e. The number of pyridine rings is 1. The molecule has 2 rings (SSSR count). The number of rotatable bonds is 3. The minimum absolute atomic E-state index is 0.156. The number of carboxylic acids is 1. The van der Waals surface area contributed by atoms with Crippen LogP contribution in [0.3, 0.4) is 0 Å². The van der Waals surface area contributed by atoms with Crippen molar-refractivity contribution in [1.82, 2.24) is 10.3 Å². The van der Waals surface area contributed by atoms with E-state index in [4.69, 9.17) is 5.11 Å². The van der Waals surface area contributed by atoms with Gasteiger partial charge in [0.2, 0.25) is 5.91 Å². The van der Waals surface area contributed by atoms with Gasteiger partial charge < -0.3 is 10.4 Å². The summed E-state index contributed by atoms with van der Waals surface area (Å²) in [6.07, 6.45) is 4.77. The van der Waals surface area contributed by atoms with Crippen LogP contribution in [0.5, 0.6) is 0 Å². The minimum atomic E-state index is -1.18. The van der Waals surface area contributed by atoms with Crippen LogP contribution in [0, 0.1) is 0 Å². The summed E-state index contributed by atoms with van der Waals surface area (Å²) in [4.78, 5) is 26.1. The second-order valence-electron chi connectivity index (χ2n) is 3.99. The van der Waals surface area contributed by atoms with Crippen molar-refractivity contribution in [3.8, 4) is 0 Å². The second-order valence-corrected chi connectivity index (χ2v) is 3.99. The van der Waals surface area contributed by atoms with Gasteiger partial charge in [0.25, 0.3) is 0 Å². The molecule has 2 aromatic rings. The highest BCUT2D eigenvalue weighted by Crippen LogP contribution is 2.19. The highest BCUT2D eigenvalue weighted by atomic mass is 16.4. The van der Waals surface area contributed by atoms with Gasteiger partial charge in [-0.2, -0.15) is 0 Å². The first-order valence-electron chi connectivity index (χ1n) is 5.63. The molecule has 0 fully saturated rings. The van der Waals surface area contributed by atoms with Gasteiger partial charge in [-0.15, -0.1) is 0 Å². The number of nitrogens with zero attached hydrogens (tertiary/aromatic N) is 1. The summed E-state index contributed by atoms with van der Waals surface area (Å²) in [5.41, 5.74) is 0.558. The topological polar surface area (TPSA) is 79.3 Å². The summed E-state index contributed by atoms with van der Waals surface area (Å²) in [5.74, 6) is -1.60. The number of carbonyl (C=O) groups excluding carboxylic acids is 1. The maximum Gasteiger partial charge on any atom is 0.352 e. The number of hydrogen-bond acceptors (Lipinski definition) is 3. The Morgan fingerprint density at radius 1 is 1.32 bits per heavy atom. The van der Waals surface area contributed by atoms with Crippen LogP contribution in [0.1, 0.15) is 12.5 Å². The Labute approximate surface area is 109 Å². The van der Waals surface area contributed by atoms with E-state index in [-0.39, 0.29) is 5.70 Å². The second kappa shape index (κ2) is 5.30. The number of carbonyl (C=O) groups is 2. The zero-order valence-electron chi connectivity index (χ0n) is 10.3. The largest absolute Gasteiger partial charge is 0.477 e. The maximum absolute atomic E-state index is 11.1. The molecule has 0 saturated heterocycles. The maximum atomic E-state index is 11.1. The van der Waals surface area contributed by atoms with E-state index in [1.165, 1.54) is 13.0 Å². The van der Waals surface area contributed by atoms with E-state index >= 15 is 0 Å². The van der Waals surface area contributed by atoms with Crippen molar-refractivity contribution in [3.63, 3.8) is 0 Å². The molecule has 1 aromatic heterocycles. The first-order chi connectivity index (χ1) is 9.08. The number of amides is 1. The standard InChI is InChI=1S/C14H12N2O3/c1-9(17)16-13(14(18)19)7-10-3-2-4-11-8-15-6-5-12(10)11/h2-8H,1H3,(H,16,17)(H,18,19)/b13-7+. The number of carboxylic acid groups (broad SMARTS) is 1. The third-order valence-corrected chi connectivity index (χ3v) is 2.56. The van der Waals surface area contributed by atoms with Crippen molar-refractivity contribution in [2.24, 2.45) is 0 Å². The molecular formula is C14H12N2O3. The van der Waals surface area contributed by atoms with Crippen molar-refractivity contribution in [2.75, 3.05) is 0 Å². The summed E-state index contributed by atoms with van der Waals surface area (Å²) in [7, 11) is 0. The molecule has 0 bridgehead atoms. The van der Waals surface area contributed by atoms with Crippen molar-refractivity contribution in [1.29, 1.82) is 0 Å². The minimum Gasteiger partial charge on any atom is -0.477 e. The Kier molecular flexibility index (Phi) is 3.56. The average molecular weight is 256 g/mol. The van der Waals surface area contributed by atoms with Gasteiger partial charge in [0.1, 0.15) is 5.70 Å². The number of fused-ring (bicyclic) bond motifs is 1. The summed E-state index contributed by atoms with van der Waals surface area (Å²) in [5, 5.41) is 13.1. The lowest BCUT2D eigenvalue weighted by atomic mass is 10.1. The third-order valence-electron chi connectivity index (χ3n) is 2.56. The van der Waals surface area contributed by atoms with Crippen LogP contribution in [0.4, 0.5) is 0 Å². The summed E-state index contributed by atoms with van der Waals surface area (Å²) in [6.45, 7) is 1.27. The molecule has 0 aliphatic carbocycles. The fraction of sp³-hybridized carbons (Fsp3) is 0.0714. The van der Waals surface area contributed by atoms with Crippen LogP contribution in [0.25, 0.3) is 16.8 Å². The average Bonchev–Trinajstić information content (AvgIpc) is 2.37. The number of aromatic nitrogens is 1. The predicted octanol–water partition coefficient (Wildman–Crippen LogP) is 1.80. The van der Waals surface area contributed by atoms with Crippen molar-refractivity contribution >= 4 is 28.7 Å². The lowest BCUT2D eigenvalue weighted by Crippen LogP contribution is -2.24. The molecule has 5 nitrogen and oxygen atoms in total. The van der Waals surface area contributed by atoms with Crippen LogP contribution < -0.4 is 5.32 Å². The summed E-state index contributed by atoms with van der Waals surface area (Å²) >= 11 is 0. The van der Waals surface area contributed by atoms with Gasteiger partial charge in [0, 0.05) is 24.7 Å². The Morgan fingerprint density at radius 3 is 2.79 bits per heavy atom. The Bertz CT molecular complexity index is 672. The van der Waals surface area contributed by atoms with E-state index in [2.05, 4.69) is 10.3 Å². The molecule has 0 saturated carbocycles. The van der Waals surface area contributed by atoms with Gasteiger partial charge in [-0.05, 0) is 23.1 Å². The van der Waals surface area contributed by atoms with Gasteiger partial charge >= 0.3 is 5.97 Å². The molecule has 0 aliphatic rings. The number of hydrogen-bond donors (Lipinski definition) is 2. The van der Waals surface area contributed by atoms with Crippen molar-refractivity contribution in [2.45, 2.75) is 6.92 Å². The highest BCUT2D eigenvalue weighted by molar-refractivity contribution is 5.99. The Balaban J connectivity index is 2.54. The van der Waals surface area contributed by atoms with Crippen LogP contribution in [0.2, 0.25) is 0 Å². The first kappa shape index (κ1) is 12.8. The molecule has 0 aliphatic heterocycles. The molecular weight excluding hydrogens is 244 g/mol. The fourth-order valence-electron chi connectivity index (χ4n) is 1.77. The number of benzene rings is 1. The molecule has 96 valence electrons. The molecule has 0 spiro atoms. The molecule has 0 unspecified atom stereocenters. The Morgan fingerprint density at radius 2 is 2.11 bits per heavy atom. The zero-order valence-corrected chi connectivity index (χ0v) is 10.3. The highest BCUT2D eigenvalue weighted by Gasteiger charge is 2.09. The number of aliphatic carboxylic acids is 1. The lowest BCUT2D eigenvalue weighted by molar-refractivity contribution is -0.134. The van der Waals surface area contributed by atoms with Crippen LogP contribution in [-0.2, 0) is 9.59 Å². The molecule has 2 N–H and O–H groups in total. The van der Waals surface area contributed by atoms with E-state index in [0.717, 1.165) is 10.8 Å². The van der Waals surface area contributed by atoms with Gasteiger partial charge in [-0.3, -0.25) is 9.78 Å². The lowest BCUT2D eigenvalue weighted by Gasteiger charge is -2.05. The van der Waals surface area contributed by atoms with E-state index < -0.39 is 11.9 Å². The van der Waals surface area contributed by atoms with Crippen LogP contribution >= 0.6 is 0 Å². The van der Waals surface area contributed by atoms with Gasteiger partial charge in [-0.1, -0.05) is 18.2 Å². The molecule has 0 radical (unpaired) electrons.